The van der Waals surface area contributed by atoms with Crippen LogP contribution in [0.3, 0.4) is 0 Å². The lowest BCUT2D eigenvalue weighted by atomic mass is 10.1. The van der Waals surface area contributed by atoms with E-state index in [1.165, 1.54) is 17.4 Å². The van der Waals surface area contributed by atoms with Gasteiger partial charge in [0.2, 0.25) is 4.96 Å². The number of thiazole rings is 1. The summed E-state index contributed by atoms with van der Waals surface area (Å²) >= 11 is 4.87. The molecule has 2 aromatic heterocycles. The van der Waals surface area contributed by atoms with Gasteiger partial charge in [-0.25, -0.2) is 0 Å². The molecular formula is C16H9BrN4O2S. The highest BCUT2D eigenvalue weighted by molar-refractivity contribution is 9.10. The summed E-state index contributed by atoms with van der Waals surface area (Å²) < 4.78 is 2.84. The van der Waals surface area contributed by atoms with Gasteiger partial charge in [0.15, 0.2) is 5.82 Å². The average Bonchev–Trinajstić information content (AvgIpc) is 3.17. The zero-order valence-electron chi connectivity index (χ0n) is 12.1. The first-order valence-corrected chi connectivity index (χ1v) is 8.65. The molecule has 118 valence electrons. The van der Waals surface area contributed by atoms with Gasteiger partial charge in [0.25, 0.3) is 5.69 Å². The molecule has 0 radical (unpaired) electrons. The molecule has 0 bridgehead atoms. The number of para-hydroxylation sites is 1. The van der Waals surface area contributed by atoms with E-state index >= 15 is 0 Å². The fourth-order valence-corrected chi connectivity index (χ4v) is 3.64. The molecule has 24 heavy (non-hydrogen) atoms. The van der Waals surface area contributed by atoms with Crippen molar-refractivity contribution in [3.8, 4) is 22.6 Å². The van der Waals surface area contributed by atoms with E-state index in [4.69, 9.17) is 0 Å². The molecule has 0 spiro atoms. The van der Waals surface area contributed by atoms with Crippen LogP contribution in [0.15, 0.2) is 58.4 Å². The van der Waals surface area contributed by atoms with E-state index in [0.29, 0.717) is 16.3 Å². The third-order valence-corrected chi connectivity index (χ3v) is 4.98. The lowest BCUT2D eigenvalue weighted by molar-refractivity contribution is -0.384. The highest BCUT2D eigenvalue weighted by Gasteiger charge is 2.21. The number of hydrogen-bond acceptors (Lipinski definition) is 5. The Morgan fingerprint density at radius 1 is 1.08 bits per heavy atom. The molecule has 2 aromatic carbocycles. The summed E-state index contributed by atoms with van der Waals surface area (Å²) in [5.41, 5.74) is 2.36. The molecule has 0 N–H and O–H groups in total. The number of nitro benzene ring substituents is 1. The van der Waals surface area contributed by atoms with Crippen molar-refractivity contribution >= 4 is 37.9 Å². The van der Waals surface area contributed by atoms with E-state index in [-0.39, 0.29) is 5.69 Å². The van der Waals surface area contributed by atoms with E-state index in [1.54, 1.807) is 18.2 Å². The molecular weight excluding hydrogens is 392 g/mol. The van der Waals surface area contributed by atoms with Gasteiger partial charge in [-0.3, -0.25) is 14.5 Å². The van der Waals surface area contributed by atoms with Crippen molar-refractivity contribution < 1.29 is 4.92 Å². The number of aromatic nitrogens is 3. The SMILES string of the molecule is O=[N+]([O-])c1ccccc1-c1nnc2scc(-c3ccc(Br)cc3)n12. The van der Waals surface area contributed by atoms with Crippen LogP contribution in [0.25, 0.3) is 27.6 Å². The second kappa shape index (κ2) is 5.81. The van der Waals surface area contributed by atoms with Gasteiger partial charge in [0.1, 0.15) is 0 Å². The first-order valence-electron chi connectivity index (χ1n) is 6.97. The minimum absolute atomic E-state index is 0.0137. The van der Waals surface area contributed by atoms with Crippen LogP contribution in [0.5, 0.6) is 0 Å². The standard InChI is InChI=1S/C16H9BrN4O2S/c17-11-7-5-10(6-8-11)14-9-24-16-19-18-15(20(14)16)12-3-1-2-4-13(12)21(22)23/h1-9H. The van der Waals surface area contributed by atoms with Crippen LogP contribution in [0.1, 0.15) is 0 Å². The average molecular weight is 401 g/mol. The van der Waals surface area contributed by atoms with Gasteiger partial charge in [-0.1, -0.05) is 40.2 Å². The second-order valence-corrected chi connectivity index (χ2v) is 6.80. The molecule has 0 saturated heterocycles. The summed E-state index contributed by atoms with van der Waals surface area (Å²) in [7, 11) is 0. The summed E-state index contributed by atoms with van der Waals surface area (Å²) in [5, 5.41) is 21.6. The maximum atomic E-state index is 11.3. The lowest BCUT2D eigenvalue weighted by Gasteiger charge is -2.04. The molecule has 6 nitrogen and oxygen atoms in total. The number of nitrogens with zero attached hydrogens (tertiary/aromatic N) is 4. The summed E-state index contributed by atoms with van der Waals surface area (Å²) in [4.78, 5) is 11.6. The predicted molar refractivity (Wildman–Crippen MR) is 96.1 cm³/mol. The molecule has 0 atom stereocenters. The number of nitro groups is 1. The number of hydrogen-bond donors (Lipinski definition) is 0. The molecule has 0 saturated carbocycles. The number of rotatable bonds is 3. The van der Waals surface area contributed by atoms with E-state index in [2.05, 4.69) is 26.1 Å². The Morgan fingerprint density at radius 3 is 2.58 bits per heavy atom. The topological polar surface area (TPSA) is 73.3 Å². The van der Waals surface area contributed by atoms with Crippen LogP contribution in [0.2, 0.25) is 0 Å². The van der Waals surface area contributed by atoms with Crippen LogP contribution in [-0.4, -0.2) is 19.5 Å². The Kier molecular flexibility index (Phi) is 3.62. The Hall–Kier alpha value is -2.58. The summed E-state index contributed by atoms with van der Waals surface area (Å²) in [6.07, 6.45) is 0. The van der Waals surface area contributed by atoms with Crippen molar-refractivity contribution in [2.45, 2.75) is 0 Å². The maximum absolute atomic E-state index is 11.3. The molecule has 4 aromatic rings. The first-order chi connectivity index (χ1) is 11.6. The monoisotopic (exact) mass is 400 g/mol. The molecule has 0 amide bonds. The largest absolute Gasteiger partial charge is 0.280 e. The minimum Gasteiger partial charge on any atom is -0.265 e. The fraction of sp³-hybridized carbons (Fsp3) is 0. The van der Waals surface area contributed by atoms with Gasteiger partial charge in [-0.15, -0.1) is 21.5 Å². The van der Waals surface area contributed by atoms with Gasteiger partial charge in [-0.05, 0) is 23.8 Å². The van der Waals surface area contributed by atoms with E-state index < -0.39 is 4.92 Å². The fourth-order valence-electron chi connectivity index (χ4n) is 2.54. The van der Waals surface area contributed by atoms with Crippen molar-refractivity contribution in [2.75, 3.05) is 0 Å². The molecule has 0 aliphatic heterocycles. The summed E-state index contributed by atoms with van der Waals surface area (Å²) in [5.74, 6) is 0.469. The number of halogens is 1. The summed E-state index contributed by atoms with van der Waals surface area (Å²) in [6, 6.07) is 14.4. The Labute approximate surface area is 148 Å². The van der Waals surface area contributed by atoms with Crippen LogP contribution in [0, 0.1) is 10.1 Å². The minimum atomic E-state index is -0.401. The number of fused-ring (bicyclic) bond motifs is 1. The van der Waals surface area contributed by atoms with Crippen molar-refractivity contribution in [1.82, 2.24) is 14.6 Å². The lowest BCUT2D eigenvalue weighted by Crippen LogP contribution is -1.96. The second-order valence-electron chi connectivity index (χ2n) is 5.04. The maximum Gasteiger partial charge on any atom is 0.280 e. The van der Waals surface area contributed by atoms with Crippen LogP contribution in [-0.2, 0) is 0 Å². The van der Waals surface area contributed by atoms with Crippen LogP contribution in [0.4, 0.5) is 5.69 Å². The molecule has 4 rings (SSSR count). The zero-order valence-corrected chi connectivity index (χ0v) is 14.5. The third kappa shape index (κ3) is 2.40. The first kappa shape index (κ1) is 15.0. The van der Waals surface area contributed by atoms with E-state index in [0.717, 1.165) is 15.7 Å². The van der Waals surface area contributed by atoms with Gasteiger partial charge < -0.3 is 0 Å². The van der Waals surface area contributed by atoms with Gasteiger partial charge in [0, 0.05) is 15.9 Å². The van der Waals surface area contributed by atoms with Crippen molar-refractivity contribution in [2.24, 2.45) is 0 Å². The number of benzene rings is 2. The van der Waals surface area contributed by atoms with Gasteiger partial charge in [-0.2, -0.15) is 0 Å². The highest BCUT2D eigenvalue weighted by Crippen LogP contribution is 2.34. The zero-order chi connectivity index (χ0) is 16.7. The molecule has 0 aliphatic rings. The van der Waals surface area contributed by atoms with Gasteiger partial charge >= 0.3 is 0 Å². The summed E-state index contributed by atoms with van der Waals surface area (Å²) in [6.45, 7) is 0. The van der Waals surface area contributed by atoms with Crippen molar-refractivity contribution in [3.63, 3.8) is 0 Å². The molecule has 8 heteroatoms. The van der Waals surface area contributed by atoms with Gasteiger partial charge in [0.05, 0.1) is 16.2 Å². The third-order valence-electron chi connectivity index (χ3n) is 3.63. The predicted octanol–water partition coefficient (Wildman–Crippen LogP) is 4.80. The van der Waals surface area contributed by atoms with Crippen LogP contribution < -0.4 is 0 Å². The van der Waals surface area contributed by atoms with E-state index in [1.807, 2.05) is 34.0 Å². The smallest absolute Gasteiger partial charge is 0.265 e. The quantitative estimate of drug-likeness (QED) is 0.365. The normalized spacial score (nSPS) is 11.0. The molecule has 2 heterocycles. The Morgan fingerprint density at radius 2 is 1.83 bits per heavy atom. The Balaban J connectivity index is 1.97. The molecule has 0 fully saturated rings. The van der Waals surface area contributed by atoms with Crippen molar-refractivity contribution in [3.05, 3.63) is 68.5 Å². The molecule has 0 aliphatic carbocycles. The van der Waals surface area contributed by atoms with Crippen molar-refractivity contribution in [1.29, 1.82) is 0 Å². The van der Waals surface area contributed by atoms with Crippen LogP contribution >= 0.6 is 27.3 Å². The highest BCUT2D eigenvalue weighted by atomic mass is 79.9. The Bertz CT molecular complexity index is 1060. The van der Waals surface area contributed by atoms with E-state index in [9.17, 15) is 10.1 Å². The molecule has 0 unspecified atom stereocenters.